The lowest BCUT2D eigenvalue weighted by atomic mass is 10.1. The normalized spacial score (nSPS) is 10.4. The summed E-state index contributed by atoms with van der Waals surface area (Å²) in [6.07, 6.45) is 6.09. The minimum Gasteiger partial charge on any atom is -0.326 e. The van der Waals surface area contributed by atoms with Gasteiger partial charge in [0.25, 0.3) is 0 Å². The zero-order valence-electron chi connectivity index (χ0n) is 11.3. The van der Waals surface area contributed by atoms with Crippen LogP contribution in [0.5, 0.6) is 0 Å². The van der Waals surface area contributed by atoms with Gasteiger partial charge >= 0.3 is 0 Å². The van der Waals surface area contributed by atoms with Crippen LogP contribution in [-0.4, -0.2) is 5.91 Å². The van der Waals surface area contributed by atoms with Crippen molar-refractivity contribution in [2.24, 2.45) is 0 Å². The smallest absolute Gasteiger partial charge is 0.224 e. The number of nitrogens with one attached hydrogen (secondary N) is 1. The fraction of sp³-hybridized carbons (Fsp3) is 0.533. The Balaban J connectivity index is 2.48. The lowest BCUT2D eigenvalue weighted by molar-refractivity contribution is -0.116. The molecule has 0 unspecified atom stereocenters. The molecule has 0 radical (unpaired) electrons. The summed E-state index contributed by atoms with van der Waals surface area (Å²) in [7, 11) is 0. The van der Waals surface area contributed by atoms with Crippen molar-refractivity contribution in [3.63, 3.8) is 0 Å². The first kappa shape index (κ1) is 15.2. The number of amides is 1. The van der Waals surface area contributed by atoms with Gasteiger partial charge < -0.3 is 5.32 Å². The third kappa shape index (κ3) is 5.21. The van der Waals surface area contributed by atoms with Gasteiger partial charge in [-0.1, -0.05) is 49.0 Å². The van der Waals surface area contributed by atoms with Crippen LogP contribution < -0.4 is 5.32 Å². The van der Waals surface area contributed by atoms with E-state index in [1.165, 1.54) is 18.4 Å². The molecule has 0 aliphatic rings. The Morgan fingerprint density at radius 1 is 1.22 bits per heavy atom. The fourth-order valence-electron chi connectivity index (χ4n) is 1.90. The Bertz CT molecular complexity index is 390. The van der Waals surface area contributed by atoms with Crippen LogP contribution in [0.3, 0.4) is 0 Å². The van der Waals surface area contributed by atoms with Crippen LogP contribution in [0.4, 0.5) is 5.69 Å². The number of hydrogen-bond donors (Lipinski definition) is 1. The van der Waals surface area contributed by atoms with E-state index in [1.807, 2.05) is 12.1 Å². The van der Waals surface area contributed by atoms with Crippen LogP contribution in [-0.2, 0) is 11.2 Å². The van der Waals surface area contributed by atoms with Crippen molar-refractivity contribution in [3.05, 3.63) is 28.2 Å². The second-order valence-electron chi connectivity index (χ2n) is 4.51. The van der Waals surface area contributed by atoms with E-state index < -0.39 is 0 Å². The van der Waals surface area contributed by atoms with E-state index in [0.29, 0.717) is 6.42 Å². The molecule has 1 aromatic carbocycles. The maximum atomic E-state index is 11.8. The predicted molar refractivity (Wildman–Crippen MR) is 80.9 cm³/mol. The molecule has 0 aliphatic heterocycles. The van der Waals surface area contributed by atoms with Crippen molar-refractivity contribution in [2.45, 2.75) is 52.4 Å². The largest absolute Gasteiger partial charge is 0.326 e. The molecule has 18 heavy (non-hydrogen) atoms. The average molecular weight is 312 g/mol. The van der Waals surface area contributed by atoms with Crippen molar-refractivity contribution >= 4 is 27.5 Å². The summed E-state index contributed by atoms with van der Waals surface area (Å²) >= 11 is 3.45. The highest BCUT2D eigenvalue weighted by Gasteiger charge is 2.06. The van der Waals surface area contributed by atoms with Gasteiger partial charge in [-0.05, 0) is 36.6 Å². The zero-order chi connectivity index (χ0) is 13.4. The second kappa shape index (κ2) is 8.30. The van der Waals surface area contributed by atoms with Crippen molar-refractivity contribution in [1.82, 2.24) is 0 Å². The number of unbranched alkanes of at least 4 members (excludes halogenated alkanes) is 3. The molecule has 1 amide bonds. The average Bonchev–Trinajstić information content (AvgIpc) is 2.37. The van der Waals surface area contributed by atoms with Gasteiger partial charge in [-0.25, -0.2) is 0 Å². The van der Waals surface area contributed by atoms with E-state index in [4.69, 9.17) is 0 Å². The molecule has 0 heterocycles. The molecule has 1 N–H and O–H groups in total. The highest BCUT2D eigenvalue weighted by atomic mass is 79.9. The molecule has 1 rings (SSSR count). The van der Waals surface area contributed by atoms with Gasteiger partial charge in [0.2, 0.25) is 5.91 Å². The van der Waals surface area contributed by atoms with Crippen LogP contribution in [0.1, 0.15) is 51.5 Å². The Morgan fingerprint density at radius 2 is 2.00 bits per heavy atom. The molecule has 0 fully saturated rings. The number of hydrogen-bond acceptors (Lipinski definition) is 1. The molecule has 0 saturated carbocycles. The maximum absolute atomic E-state index is 11.8. The number of carbonyl (C=O) groups is 1. The third-order valence-corrected chi connectivity index (χ3v) is 3.47. The number of rotatable bonds is 7. The van der Waals surface area contributed by atoms with E-state index in [2.05, 4.69) is 41.2 Å². The molecule has 0 saturated heterocycles. The monoisotopic (exact) mass is 311 g/mol. The molecule has 3 heteroatoms. The van der Waals surface area contributed by atoms with Gasteiger partial charge in [0.05, 0.1) is 0 Å². The topological polar surface area (TPSA) is 29.1 Å². The third-order valence-electron chi connectivity index (χ3n) is 2.98. The van der Waals surface area contributed by atoms with Gasteiger partial charge in [0.15, 0.2) is 0 Å². The summed E-state index contributed by atoms with van der Waals surface area (Å²) in [4.78, 5) is 11.8. The van der Waals surface area contributed by atoms with Gasteiger partial charge in [-0.15, -0.1) is 0 Å². The van der Waals surface area contributed by atoms with Crippen LogP contribution in [0.2, 0.25) is 0 Å². The molecule has 0 atom stereocenters. The minimum absolute atomic E-state index is 0.128. The van der Waals surface area contributed by atoms with E-state index in [9.17, 15) is 4.79 Å². The highest BCUT2D eigenvalue weighted by Crippen LogP contribution is 2.21. The first-order valence-corrected chi connectivity index (χ1v) is 7.55. The molecule has 1 aromatic rings. The molecular formula is C15H22BrNO. The van der Waals surface area contributed by atoms with Gasteiger partial charge in [0, 0.05) is 16.6 Å². The van der Waals surface area contributed by atoms with Gasteiger partial charge in [0.1, 0.15) is 0 Å². The standard InChI is InChI=1S/C15H22BrNO/c1-3-5-6-7-8-15(18)17-14-10-9-13(16)11-12(14)4-2/h9-11H,3-8H2,1-2H3,(H,17,18). The number of anilines is 1. The molecule has 100 valence electrons. The lowest BCUT2D eigenvalue weighted by Crippen LogP contribution is -2.12. The molecule has 0 bridgehead atoms. The Labute approximate surface area is 118 Å². The number of aryl methyl sites for hydroxylation is 1. The van der Waals surface area contributed by atoms with Crippen LogP contribution in [0.25, 0.3) is 0 Å². The first-order chi connectivity index (χ1) is 8.67. The van der Waals surface area contributed by atoms with Crippen molar-refractivity contribution in [3.8, 4) is 0 Å². The Morgan fingerprint density at radius 3 is 2.67 bits per heavy atom. The summed E-state index contributed by atoms with van der Waals surface area (Å²) < 4.78 is 1.06. The van der Waals surface area contributed by atoms with E-state index in [0.717, 1.165) is 29.4 Å². The van der Waals surface area contributed by atoms with Crippen LogP contribution >= 0.6 is 15.9 Å². The molecule has 0 spiro atoms. The van der Waals surface area contributed by atoms with Crippen molar-refractivity contribution in [2.75, 3.05) is 5.32 Å². The lowest BCUT2D eigenvalue weighted by Gasteiger charge is -2.10. The molecule has 0 aliphatic carbocycles. The minimum atomic E-state index is 0.128. The van der Waals surface area contributed by atoms with Crippen LogP contribution in [0.15, 0.2) is 22.7 Å². The molecule has 2 nitrogen and oxygen atoms in total. The molecular weight excluding hydrogens is 290 g/mol. The summed E-state index contributed by atoms with van der Waals surface area (Å²) in [6, 6.07) is 5.99. The van der Waals surface area contributed by atoms with E-state index in [-0.39, 0.29) is 5.91 Å². The van der Waals surface area contributed by atoms with Crippen LogP contribution in [0, 0.1) is 0 Å². The summed E-state index contributed by atoms with van der Waals surface area (Å²) in [5.41, 5.74) is 2.12. The van der Waals surface area contributed by atoms with Crippen molar-refractivity contribution in [1.29, 1.82) is 0 Å². The zero-order valence-corrected chi connectivity index (χ0v) is 12.8. The number of halogens is 1. The van der Waals surface area contributed by atoms with Gasteiger partial charge in [-0.2, -0.15) is 0 Å². The van der Waals surface area contributed by atoms with Crippen molar-refractivity contribution < 1.29 is 4.79 Å². The summed E-state index contributed by atoms with van der Waals surface area (Å²) in [5.74, 6) is 0.128. The molecule has 0 aromatic heterocycles. The summed E-state index contributed by atoms with van der Waals surface area (Å²) in [5, 5.41) is 3.01. The number of benzene rings is 1. The number of carbonyl (C=O) groups excluding carboxylic acids is 1. The quantitative estimate of drug-likeness (QED) is 0.711. The van der Waals surface area contributed by atoms with Gasteiger partial charge in [-0.3, -0.25) is 4.79 Å². The Hall–Kier alpha value is -0.830. The van der Waals surface area contributed by atoms with E-state index >= 15 is 0 Å². The fourth-order valence-corrected chi connectivity index (χ4v) is 2.31. The van der Waals surface area contributed by atoms with E-state index in [1.54, 1.807) is 0 Å². The highest BCUT2D eigenvalue weighted by molar-refractivity contribution is 9.10. The first-order valence-electron chi connectivity index (χ1n) is 6.75. The Kier molecular flexibility index (Phi) is 7.02. The maximum Gasteiger partial charge on any atom is 0.224 e. The predicted octanol–water partition coefficient (Wildman–Crippen LogP) is 4.92. The SMILES string of the molecule is CCCCCCC(=O)Nc1ccc(Br)cc1CC. The summed E-state index contributed by atoms with van der Waals surface area (Å²) in [6.45, 7) is 4.27. The second-order valence-corrected chi connectivity index (χ2v) is 5.43.